The summed E-state index contributed by atoms with van der Waals surface area (Å²) in [6.07, 6.45) is -3.48. The van der Waals surface area contributed by atoms with Crippen molar-refractivity contribution in [1.29, 1.82) is 0 Å². The summed E-state index contributed by atoms with van der Waals surface area (Å²) in [5.41, 5.74) is 4.96. The molecule has 0 saturated heterocycles. The van der Waals surface area contributed by atoms with Crippen LogP contribution < -0.4 is 4.57 Å². The molecule has 0 saturated carbocycles. The van der Waals surface area contributed by atoms with Crippen LogP contribution in [-0.2, 0) is 13.5 Å². The van der Waals surface area contributed by atoms with Gasteiger partial charge in [0.1, 0.15) is 11.5 Å². The molecule has 0 aliphatic rings. The summed E-state index contributed by atoms with van der Waals surface area (Å²) >= 11 is 0. The second kappa shape index (κ2) is 6.91. The third-order valence-corrected chi connectivity index (χ3v) is 5.00. The van der Waals surface area contributed by atoms with Crippen molar-refractivity contribution in [3.63, 3.8) is 0 Å². The van der Waals surface area contributed by atoms with E-state index >= 15 is 0 Å². The van der Waals surface area contributed by atoms with Crippen molar-refractivity contribution in [1.82, 2.24) is 4.98 Å². The summed E-state index contributed by atoms with van der Waals surface area (Å²) in [7, 11) is 1.85. The van der Waals surface area contributed by atoms with E-state index in [1.165, 1.54) is 0 Å². The first-order valence-electron chi connectivity index (χ1n) is 8.69. The van der Waals surface area contributed by atoms with E-state index in [1.54, 1.807) is 38.4 Å². The lowest BCUT2D eigenvalue weighted by Crippen LogP contribution is -2.32. The maximum absolute atomic E-state index is 14.2. The molecule has 6 heteroatoms. The van der Waals surface area contributed by atoms with Gasteiger partial charge in [-0.05, 0) is 72.6 Å². The van der Waals surface area contributed by atoms with Gasteiger partial charge >= 0.3 is 6.18 Å². The van der Waals surface area contributed by atoms with Gasteiger partial charge in [0.25, 0.3) is 6.33 Å². The molecule has 2 aromatic carbocycles. The molecule has 142 valence electrons. The number of aromatic nitrogens is 2. The zero-order valence-electron chi connectivity index (χ0n) is 15.7. The number of fused-ring (bicyclic) bond motifs is 1. The van der Waals surface area contributed by atoms with E-state index in [1.807, 2.05) is 24.6 Å². The maximum Gasteiger partial charge on any atom is 0.389 e. The number of aryl methyl sites for hydroxylation is 3. The first-order valence-corrected chi connectivity index (χ1v) is 8.69. The van der Waals surface area contributed by atoms with Crippen LogP contribution in [0.5, 0.6) is 0 Å². The summed E-state index contributed by atoms with van der Waals surface area (Å²) < 4.78 is 53.6. The van der Waals surface area contributed by atoms with Gasteiger partial charge in [-0.25, -0.2) is 8.96 Å². The Morgan fingerprint density at radius 1 is 1.04 bits per heavy atom. The number of alkyl halides is 3. The van der Waals surface area contributed by atoms with Crippen LogP contribution in [0, 0.1) is 26.6 Å². The van der Waals surface area contributed by atoms with Gasteiger partial charge < -0.3 is 0 Å². The van der Waals surface area contributed by atoms with E-state index in [0.29, 0.717) is 22.2 Å². The molecule has 0 atom stereocenters. The Labute approximate surface area is 155 Å². The first-order chi connectivity index (χ1) is 12.6. The Hall–Kier alpha value is -2.50. The Bertz CT molecular complexity index is 1020. The molecule has 0 bridgehead atoms. The van der Waals surface area contributed by atoms with Gasteiger partial charge in [-0.3, -0.25) is 0 Å². The van der Waals surface area contributed by atoms with Crippen LogP contribution in [-0.4, -0.2) is 11.2 Å². The number of hydrogen-bond acceptors (Lipinski definition) is 1. The molecule has 0 aliphatic carbocycles. The minimum absolute atomic E-state index is 0.0781. The predicted octanol–water partition coefficient (Wildman–Crippen LogP) is 5.29. The molecule has 27 heavy (non-hydrogen) atoms. The Morgan fingerprint density at radius 2 is 1.74 bits per heavy atom. The van der Waals surface area contributed by atoms with Crippen LogP contribution in [0.25, 0.3) is 22.2 Å². The van der Waals surface area contributed by atoms with Crippen molar-refractivity contribution in [2.75, 3.05) is 0 Å². The van der Waals surface area contributed by atoms with Crippen molar-refractivity contribution >= 4 is 10.9 Å². The van der Waals surface area contributed by atoms with E-state index in [0.717, 1.165) is 22.2 Å². The van der Waals surface area contributed by atoms with Crippen LogP contribution in [0.3, 0.4) is 0 Å². The fraction of sp³-hybridized carbons (Fsp3) is 0.333. The summed E-state index contributed by atoms with van der Waals surface area (Å²) in [5, 5.41) is 0.823. The van der Waals surface area contributed by atoms with Crippen LogP contribution in [0.4, 0.5) is 17.6 Å². The number of hydrogen-bond donors (Lipinski definition) is 0. The van der Waals surface area contributed by atoms with E-state index in [4.69, 9.17) is 0 Å². The van der Waals surface area contributed by atoms with Gasteiger partial charge in [-0.2, -0.15) is 13.2 Å². The zero-order valence-corrected chi connectivity index (χ0v) is 15.7. The van der Waals surface area contributed by atoms with Gasteiger partial charge in [0.2, 0.25) is 0 Å². The van der Waals surface area contributed by atoms with Crippen LogP contribution in [0.2, 0.25) is 0 Å². The fourth-order valence-corrected chi connectivity index (χ4v) is 3.35. The summed E-state index contributed by atoms with van der Waals surface area (Å²) in [6, 6.07) is 7.02. The number of rotatable bonds is 3. The molecule has 3 aromatic rings. The smallest absolute Gasteiger partial charge is 0.232 e. The Kier molecular flexibility index (Phi) is 4.93. The molecule has 0 unspecified atom stereocenters. The average molecular weight is 377 g/mol. The molecule has 1 aromatic heterocycles. The highest BCUT2D eigenvalue weighted by atomic mass is 19.4. The van der Waals surface area contributed by atoms with Gasteiger partial charge in [-0.15, -0.1) is 0 Å². The minimum atomic E-state index is -4.18. The lowest BCUT2D eigenvalue weighted by Gasteiger charge is -2.14. The number of benzene rings is 2. The van der Waals surface area contributed by atoms with Crippen LogP contribution in [0.1, 0.15) is 28.7 Å². The highest BCUT2D eigenvalue weighted by molar-refractivity contribution is 5.92. The van der Waals surface area contributed by atoms with Gasteiger partial charge in [0.05, 0.1) is 12.4 Å². The molecule has 0 amide bonds. The van der Waals surface area contributed by atoms with E-state index in [9.17, 15) is 17.6 Å². The second-order valence-corrected chi connectivity index (χ2v) is 6.98. The highest BCUT2D eigenvalue weighted by Gasteiger charge is 2.27. The normalized spacial score (nSPS) is 12.0. The standard InChI is InChI=1S/C21H21F4N2/c1-12-9-17(13(2)14(3)19(12)22)20-16-6-5-15(7-8-21(23,24)25)10-18(16)26-11-27(20)4/h5-6,9-11H,7-8H2,1-4H3/q+1. The largest absolute Gasteiger partial charge is 0.389 e. The zero-order chi connectivity index (χ0) is 19.9. The summed E-state index contributed by atoms with van der Waals surface area (Å²) in [5.74, 6) is -0.216. The molecule has 0 N–H and O–H groups in total. The summed E-state index contributed by atoms with van der Waals surface area (Å²) in [6.45, 7) is 5.35. The van der Waals surface area contributed by atoms with Crippen LogP contribution >= 0.6 is 0 Å². The number of halogens is 4. The van der Waals surface area contributed by atoms with Gasteiger partial charge in [0, 0.05) is 12.0 Å². The molecule has 0 radical (unpaired) electrons. The predicted molar refractivity (Wildman–Crippen MR) is 96.9 cm³/mol. The lowest BCUT2D eigenvalue weighted by atomic mass is 9.94. The number of nitrogens with zero attached hydrogens (tertiary/aromatic N) is 2. The van der Waals surface area contributed by atoms with Crippen molar-refractivity contribution in [3.05, 3.63) is 58.7 Å². The monoisotopic (exact) mass is 377 g/mol. The van der Waals surface area contributed by atoms with Crippen molar-refractivity contribution < 1.29 is 22.1 Å². The summed E-state index contributed by atoms with van der Waals surface area (Å²) in [4.78, 5) is 4.37. The maximum atomic E-state index is 14.2. The Morgan fingerprint density at radius 3 is 2.41 bits per heavy atom. The van der Waals surface area contributed by atoms with Gasteiger partial charge in [-0.1, -0.05) is 6.07 Å². The van der Waals surface area contributed by atoms with E-state index in [-0.39, 0.29) is 12.2 Å². The first kappa shape index (κ1) is 19.3. The molecule has 2 nitrogen and oxygen atoms in total. The van der Waals surface area contributed by atoms with Crippen molar-refractivity contribution in [2.45, 2.75) is 39.8 Å². The van der Waals surface area contributed by atoms with E-state index in [2.05, 4.69) is 4.98 Å². The van der Waals surface area contributed by atoms with Crippen molar-refractivity contribution in [2.24, 2.45) is 7.05 Å². The molecular formula is C21H21F4N2+. The fourth-order valence-electron chi connectivity index (χ4n) is 3.35. The SMILES string of the molecule is Cc1cc(-c2c3ccc(CCC(F)(F)F)cc3nc[n+]2C)c(C)c(C)c1F. The second-order valence-electron chi connectivity index (χ2n) is 6.98. The third-order valence-electron chi connectivity index (χ3n) is 5.00. The quantitative estimate of drug-likeness (QED) is 0.448. The van der Waals surface area contributed by atoms with Crippen LogP contribution in [0.15, 0.2) is 30.6 Å². The lowest BCUT2D eigenvalue weighted by molar-refractivity contribution is -0.662. The molecule has 0 fully saturated rings. The molecular weight excluding hydrogens is 356 g/mol. The topological polar surface area (TPSA) is 16.8 Å². The van der Waals surface area contributed by atoms with E-state index < -0.39 is 12.6 Å². The molecule has 0 aliphatic heterocycles. The molecule has 1 heterocycles. The average Bonchev–Trinajstić information content (AvgIpc) is 2.61. The van der Waals surface area contributed by atoms with Gasteiger partial charge in [0.15, 0.2) is 5.52 Å². The minimum Gasteiger partial charge on any atom is -0.232 e. The highest BCUT2D eigenvalue weighted by Crippen LogP contribution is 2.32. The molecule has 0 spiro atoms. The third kappa shape index (κ3) is 3.80. The molecule has 3 rings (SSSR count). The Balaban J connectivity index is 2.16. The van der Waals surface area contributed by atoms with Crippen molar-refractivity contribution in [3.8, 4) is 11.3 Å².